The first-order valence-corrected chi connectivity index (χ1v) is 31.7. The fraction of sp³-hybridized carbons (Fsp3) is 0.750. The number of imidazole rings is 2. The Morgan fingerprint density at radius 1 is 0.765 bits per heavy atom. The van der Waals surface area contributed by atoms with Crippen molar-refractivity contribution in [2.24, 2.45) is 0 Å². The number of aromatic nitrogens is 8. The lowest BCUT2D eigenvalue weighted by atomic mass is 9.88. The van der Waals surface area contributed by atoms with Crippen LogP contribution in [-0.4, -0.2) is 183 Å². The highest BCUT2D eigenvalue weighted by Crippen LogP contribution is 2.51. The second-order valence-electron chi connectivity index (χ2n) is 21.0. The number of halogens is 4. The predicted octanol–water partition coefficient (Wildman–Crippen LogP) is 4.88. The van der Waals surface area contributed by atoms with E-state index < -0.39 is 106 Å². The Morgan fingerprint density at radius 2 is 1.19 bits per heavy atom. The molecule has 8 rings (SSSR count). The molecule has 0 amide bonds. The number of carbonyl (C=O) groups excluding carboxylic acids is 2. The number of aliphatic hydroxyl groups is 4. The molecule has 2 saturated heterocycles. The molecule has 2 saturated carbocycles. The number of esters is 2. The summed E-state index contributed by atoms with van der Waals surface area (Å²) >= 11 is 5.55. The van der Waals surface area contributed by atoms with Gasteiger partial charge in [-0.15, -0.1) is 0 Å². The lowest BCUT2D eigenvalue weighted by molar-refractivity contribution is -0.153. The number of nitrogens with one attached hydrogen (secondary N) is 2. The number of ether oxygens (including phenoxy) is 6. The zero-order chi connectivity index (χ0) is 59.9. The van der Waals surface area contributed by atoms with Crippen molar-refractivity contribution in [1.29, 1.82) is 0 Å². The third kappa shape index (κ3) is 15.2. The number of nitrogen functional groups attached to an aromatic ring is 2. The topological polar surface area (TPSA) is 377 Å². The fourth-order valence-corrected chi connectivity index (χ4v) is 12.5. The van der Waals surface area contributed by atoms with Gasteiger partial charge in [0.15, 0.2) is 52.2 Å². The maximum absolute atomic E-state index is 15.8. The van der Waals surface area contributed by atoms with Gasteiger partial charge in [0, 0.05) is 13.3 Å². The molecule has 4 fully saturated rings. The van der Waals surface area contributed by atoms with Crippen molar-refractivity contribution in [2.75, 3.05) is 64.6 Å². The van der Waals surface area contributed by atoms with E-state index in [0.717, 1.165) is 64.7 Å². The molecule has 2 aliphatic carbocycles. The van der Waals surface area contributed by atoms with Gasteiger partial charge in [-0.1, -0.05) is 12.8 Å². The van der Waals surface area contributed by atoms with Gasteiger partial charge in [-0.2, -0.15) is 19.9 Å². The number of hydrogen-bond donors (Lipinski definition) is 8. The van der Waals surface area contributed by atoms with E-state index in [1.807, 2.05) is 0 Å². The van der Waals surface area contributed by atoms with Gasteiger partial charge in [-0.3, -0.25) is 27.9 Å². The van der Waals surface area contributed by atoms with Crippen LogP contribution in [0.25, 0.3) is 22.3 Å². The minimum atomic E-state index is -3.79. The maximum atomic E-state index is 15.8. The lowest BCUT2D eigenvalue weighted by Crippen LogP contribution is -2.52. The highest BCUT2D eigenvalue weighted by Gasteiger charge is 2.65. The van der Waals surface area contributed by atoms with Gasteiger partial charge in [0.1, 0.15) is 54.9 Å². The van der Waals surface area contributed by atoms with Crippen LogP contribution in [0.3, 0.4) is 0 Å². The molecule has 456 valence electrons. The average Bonchev–Trinajstić information content (AvgIpc) is 4.16. The van der Waals surface area contributed by atoms with E-state index in [9.17, 15) is 47.9 Å². The van der Waals surface area contributed by atoms with Gasteiger partial charge >= 0.3 is 11.9 Å². The summed E-state index contributed by atoms with van der Waals surface area (Å²) in [5.74, 6) is -0.986. The summed E-state index contributed by atoms with van der Waals surface area (Å²) in [4.78, 5) is 48.6. The summed E-state index contributed by atoms with van der Waals surface area (Å²) in [6.07, 6.45) is 5.43. The van der Waals surface area contributed by atoms with E-state index in [-0.39, 0.29) is 70.8 Å². The summed E-state index contributed by atoms with van der Waals surface area (Å²) < 4.78 is 109. The van der Waals surface area contributed by atoms with E-state index in [4.69, 9.17) is 55.7 Å². The quantitative estimate of drug-likeness (QED) is 0.0432. The van der Waals surface area contributed by atoms with Gasteiger partial charge < -0.3 is 64.8 Å². The average molecular weight is 1220 g/mol. The Bertz CT molecular complexity index is 2880. The summed E-state index contributed by atoms with van der Waals surface area (Å²) in [6, 6.07) is -1.61. The van der Waals surface area contributed by atoms with Crippen molar-refractivity contribution in [3.63, 3.8) is 0 Å². The first-order valence-electron chi connectivity index (χ1n) is 26.6. The summed E-state index contributed by atoms with van der Waals surface area (Å²) in [7, 11) is -3.79. The fourth-order valence-electron chi connectivity index (χ4n) is 9.93. The predicted molar refractivity (Wildman–Crippen MR) is 289 cm³/mol. The van der Waals surface area contributed by atoms with Crippen LogP contribution in [0.15, 0.2) is 12.7 Å². The molecule has 0 radical (unpaired) electrons. The molecular formula is C48H76ClF3N12O15P2. The minimum absolute atomic E-state index is 0.0251. The van der Waals surface area contributed by atoms with Crippen molar-refractivity contribution in [1.82, 2.24) is 49.2 Å². The Labute approximate surface area is 470 Å². The largest absolute Gasteiger partial charge is 0.476 e. The number of nitrogens with zero attached hydrogens (tertiary/aromatic N) is 8. The van der Waals surface area contributed by atoms with Crippen molar-refractivity contribution < 1.29 is 85.3 Å². The second-order valence-corrected chi connectivity index (χ2v) is 27.1. The summed E-state index contributed by atoms with van der Waals surface area (Å²) in [5, 5.41) is 46.7. The van der Waals surface area contributed by atoms with E-state index >= 15 is 4.39 Å². The van der Waals surface area contributed by atoms with E-state index in [1.165, 1.54) is 55.4 Å². The molecule has 4 aromatic heterocycles. The molecule has 6 heterocycles. The highest BCUT2D eigenvalue weighted by molar-refractivity contribution is 7.87. The van der Waals surface area contributed by atoms with E-state index in [2.05, 4.69) is 40.1 Å². The van der Waals surface area contributed by atoms with Crippen LogP contribution in [0.1, 0.15) is 118 Å². The van der Waals surface area contributed by atoms with Crippen LogP contribution < -0.4 is 31.1 Å². The van der Waals surface area contributed by atoms with Crippen LogP contribution in [0.4, 0.5) is 25.1 Å². The molecule has 0 aromatic carbocycles. The van der Waals surface area contributed by atoms with Crippen molar-refractivity contribution in [2.45, 2.75) is 177 Å². The number of fused-ring (bicyclic) bond motifs is 2. The van der Waals surface area contributed by atoms with Crippen molar-refractivity contribution >= 4 is 71.6 Å². The molecule has 10 N–H and O–H groups in total. The molecule has 33 heteroatoms. The standard InChI is InChI=1S/C24H37F2N6O7P.C14H20FN5O5.C10H19ClNO3P/c1-5-36-18-16-17(29-22(27)30-18)32(13-28-16)21-23(3,34)20(26)24(11-25,39-21)12-37-40(4,35)31-14(2)19(33)38-15-9-7-6-8-10-15;1-3-24-9-7-8(18-12(16)19-9)20(6-17-7)11-13(2,23)10(22)14(4-15,5-21)25-11;1-8(12-16(2,11)14)10(13)15-9-6-4-3-5-7-9/h13-15,20-21,34H,5-12H2,1-4H3,(H,31,35)(H2,27,29,30);6,10-11,21-23H,3-5H2,1-2H3,(H2,16,18,19);8-9H,3-7H2,1-2H3,(H,12,14)/t14-,20-,21+,23+,24+,40?;10-,11+,13+,14+;8-,16?/m000/s1. The Hall–Kier alpha value is -4.58. The molecule has 2 aliphatic heterocycles. The Morgan fingerprint density at radius 3 is 1.58 bits per heavy atom. The molecule has 0 spiro atoms. The van der Waals surface area contributed by atoms with Gasteiger partial charge in [0.05, 0.1) is 39.1 Å². The molecule has 4 aliphatic rings. The third-order valence-electron chi connectivity index (χ3n) is 14.1. The second kappa shape index (κ2) is 27.0. The molecule has 81 heavy (non-hydrogen) atoms. The van der Waals surface area contributed by atoms with Gasteiger partial charge in [0.25, 0.3) is 7.52 Å². The van der Waals surface area contributed by atoms with E-state index in [1.54, 1.807) is 20.8 Å². The molecule has 4 aromatic rings. The smallest absolute Gasteiger partial charge is 0.323 e. The first kappa shape index (κ1) is 65.6. The first-order chi connectivity index (χ1) is 38.0. The number of carbonyl (C=O) groups is 2. The Balaban J connectivity index is 0.000000218. The number of alkyl halides is 3. The zero-order valence-corrected chi connectivity index (χ0v) is 49.1. The molecule has 2 unspecified atom stereocenters. The molecular weight excluding hydrogens is 1140 g/mol. The van der Waals surface area contributed by atoms with Crippen LogP contribution in [0, 0.1) is 0 Å². The van der Waals surface area contributed by atoms with Gasteiger partial charge in [-0.05, 0) is 104 Å². The minimum Gasteiger partial charge on any atom is -0.476 e. The van der Waals surface area contributed by atoms with Crippen LogP contribution in [0.5, 0.6) is 11.8 Å². The number of hydrogen-bond acceptors (Lipinski definition) is 23. The van der Waals surface area contributed by atoms with Crippen LogP contribution in [0.2, 0.25) is 0 Å². The SMILES string of the molecule is CCOc1nc(N)nc2c1ncn2[C@@H]1O[C@@](CO)(CF)[C@@H](O)[C@@]1(C)O.CCOc1nc(N)nc2c1ncn2[C@@H]1O[C@](CF)(COP(C)(=O)N[C@@H](C)C(=O)OC2CCCCC2)[C@@H](F)[C@@]1(C)O.C[C@H](NP(C)(=O)Cl)C(=O)OC1CCCCC1. The third-order valence-corrected chi connectivity index (χ3v) is 16.7. The van der Waals surface area contributed by atoms with Crippen molar-refractivity contribution in [3.05, 3.63) is 12.7 Å². The van der Waals surface area contributed by atoms with Crippen LogP contribution in [-0.2, 0) is 42.2 Å². The molecule has 12 atom stereocenters. The van der Waals surface area contributed by atoms with Crippen molar-refractivity contribution in [3.8, 4) is 11.8 Å². The van der Waals surface area contributed by atoms with E-state index in [0.29, 0.717) is 6.61 Å². The summed E-state index contributed by atoms with van der Waals surface area (Å²) in [6.45, 7) is 4.95. The molecule has 27 nitrogen and oxygen atoms in total. The molecule has 0 bridgehead atoms. The van der Waals surface area contributed by atoms with Gasteiger partial charge in [0.2, 0.25) is 30.3 Å². The normalized spacial score (nSPS) is 29.3. The number of nitrogens with two attached hydrogens (primary N) is 2. The maximum Gasteiger partial charge on any atom is 0.323 e. The summed E-state index contributed by atoms with van der Waals surface area (Å²) in [5.41, 5.74) is 3.66. The highest BCUT2D eigenvalue weighted by atomic mass is 35.7. The lowest BCUT2D eigenvalue weighted by Gasteiger charge is -2.30. The zero-order valence-electron chi connectivity index (χ0n) is 46.5. The Kier molecular flexibility index (Phi) is 21.8. The number of aliphatic hydroxyl groups excluding tert-OH is 2. The van der Waals surface area contributed by atoms with Crippen LogP contribution >= 0.6 is 25.4 Å². The number of rotatable bonds is 20. The van der Waals surface area contributed by atoms with Gasteiger partial charge in [-0.25, -0.2) is 33.3 Å². The number of anilines is 2. The monoisotopic (exact) mass is 1210 g/mol.